The van der Waals surface area contributed by atoms with Gasteiger partial charge in [0.25, 0.3) is 0 Å². The molecule has 330 valence electrons. The fraction of sp³-hybridized carbons (Fsp3) is 0.774. The summed E-state index contributed by atoms with van der Waals surface area (Å²) in [5.41, 5.74) is 3.02. The molecule has 59 heavy (non-hydrogen) atoms. The van der Waals surface area contributed by atoms with Crippen molar-refractivity contribution in [2.45, 2.75) is 196 Å². The number of allylic oxidation sites excluding steroid dienone is 2. The summed E-state index contributed by atoms with van der Waals surface area (Å²) in [6.07, 6.45) is 24.3. The van der Waals surface area contributed by atoms with E-state index in [0.717, 1.165) is 82.6 Å². The van der Waals surface area contributed by atoms with Crippen molar-refractivity contribution >= 4 is 17.5 Å². The van der Waals surface area contributed by atoms with Crippen molar-refractivity contribution in [1.29, 1.82) is 0 Å². The average molecular weight is 1040 g/mol. The van der Waals surface area contributed by atoms with Crippen molar-refractivity contribution in [3.05, 3.63) is 55.0 Å². The van der Waals surface area contributed by atoms with Gasteiger partial charge in [0, 0.05) is 55.8 Å². The Balaban J connectivity index is 0.00000384. The molecule has 5 aliphatic carbocycles. The number of aliphatic carboxylic acids is 1. The first-order valence-electron chi connectivity index (χ1n) is 23.7. The molecule has 2 N–H and O–H groups in total. The number of hydrogen-bond donors (Lipinski definition) is 2. The predicted octanol–water partition coefficient (Wildman–Crippen LogP) is 13.2. The SMILES string of the molecule is C[C@@H]1CC[C@]2(C(=O)CCCCCCCCCCCC(=O)C[C@@H](Cc3ccccc3)C(=O)O)CC[C@]3(C)C(=CCC4[C@@]5(C)CC[C@H](O)C(C)(C)C5CC[C@]43C)C2[C@H]1C.[CH3-].[U]. The molecular weight excluding hydrogens is 955 g/mol. The molecule has 0 aromatic heterocycles. The molecule has 4 fully saturated rings. The molecule has 5 aliphatic rings. The Bertz CT molecular complexity index is 1600. The molecule has 0 spiro atoms. The van der Waals surface area contributed by atoms with Crippen LogP contribution in [0.1, 0.15) is 189 Å². The van der Waals surface area contributed by atoms with Gasteiger partial charge in [-0.3, -0.25) is 14.4 Å². The minimum Gasteiger partial charge on any atom is -0.481 e. The number of aliphatic hydroxyl groups is 1. The summed E-state index contributed by atoms with van der Waals surface area (Å²) in [6.45, 7) is 17.5. The molecule has 1 aromatic rings. The van der Waals surface area contributed by atoms with Gasteiger partial charge in [0.05, 0.1) is 12.0 Å². The molecule has 1 aromatic carbocycles. The third-order valence-corrected chi connectivity index (χ3v) is 18.5. The largest absolute Gasteiger partial charge is 0.481 e. The molecule has 0 bridgehead atoms. The number of unbranched alkanes of at least 4 members (excludes halogenated alkanes) is 8. The van der Waals surface area contributed by atoms with Crippen molar-refractivity contribution in [3.63, 3.8) is 0 Å². The summed E-state index contributed by atoms with van der Waals surface area (Å²) in [7, 11) is 0. The van der Waals surface area contributed by atoms with E-state index in [0.29, 0.717) is 48.2 Å². The van der Waals surface area contributed by atoms with Crippen LogP contribution >= 0.6 is 0 Å². The Morgan fingerprint density at radius 2 is 1.36 bits per heavy atom. The Kier molecular flexibility index (Phi) is 17.5. The third-order valence-electron chi connectivity index (χ3n) is 18.5. The zero-order valence-electron chi connectivity index (χ0n) is 38.7. The van der Waals surface area contributed by atoms with Gasteiger partial charge in [-0.2, -0.15) is 0 Å². The number of benzene rings is 1. The number of ketones is 2. The summed E-state index contributed by atoms with van der Waals surface area (Å²) in [4.78, 5) is 39.0. The quantitative estimate of drug-likeness (QED) is 0.0868. The number of Topliss-reactive ketones (excluding diaryl/α,β-unsaturated/α-hetero) is 2. The fourth-order valence-electron chi connectivity index (χ4n) is 14.6. The van der Waals surface area contributed by atoms with Gasteiger partial charge in [-0.15, -0.1) is 0 Å². The number of carbonyl (C=O) groups is 3. The molecule has 3 unspecified atom stereocenters. The molecule has 0 heterocycles. The van der Waals surface area contributed by atoms with Crippen LogP contribution in [0.2, 0.25) is 0 Å². The number of aliphatic hydroxyl groups excluding tert-OH is 1. The van der Waals surface area contributed by atoms with Crippen LogP contribution in [0.25, 0.3) is 0 Å². The summed E-state index contributed by atoms with van der Waals surface area (Å²) >= 11 is 0. The molecule has 0 aliphatic heterocycles. The van der Waals surface area contributed by atoms with Crippen LogP contribution in [0.4, 0.5) is 0 Å². The molecule has 6 rings (SSSR count). The number of carboxylic acid groups (broad SMARTS) is 1. The second kappa shape index (κ2) is 20.5. The number of rotatable bonds is 18. The maximum Gasteiger partial charge on any atom is 0.307 e. The molecule has 0 saturated heterocycles. The van der Waals surface area contributed by atoms with Crippen molar-refractivity contribution in [2.75, 3.05) is 0 Å². The van der Waals surface area contributed by atoms with Gasteiger partial charge >= 0.3 is 5.97 Å². The minimum atomic E-state index is -0.886. The Morgan fingerprint density at radius 1 is 0.746 bits per heavy atom. The zero-order chi connectivity index (χ0) is 41.2. The van der Waals surface area contributed by atoms with Gasteiger partial charge in [-0.1, -0.05) is 135 Å². The third kappa shape index (κ3) is 9.81. The standard InChI is InChI=1S/C52H80O5.CH3.U/c1-36-26-31-52(45(55)23-19-14-12-10-8-9-11-13-18-22-40(53)35-39(47(56)57)34-38-20-16-15-17-21-38)33-32-50(6)41(46(52)37(36)2)24-25-43-49(5)29-28-44(54)48(3,4)42(49)27-30-51(43,50)7;;/h15-17,20-21,24,36-37,39,42-44,46,54H,8-14,18-19,22-23,25-35H2,1-7H3,(H,56,57);1H3;/q;-1;/t36-,37+,39-,42?,43?,44+,46?,49+,50-,51-,52-;;/m1../s1. The minimum absolute atomic E-state index is 0. The number of carbonyl (C=O) groups excluding carboxylic acids is 2. The number of fused-ring (bicyclic) bond motifs is 7. The predicted molar refractivity (Wildman–Crippen MR) is 238 cm³/mol. The van der Waals surface area contributed by atoms with Crippen LogP contribution in [-0.4, -0.2) is 33.9 Å². The average Bonchev–Trinajstić information content (AvgIpc) is 3.17. The summed E-state index contributed by atoms with van der Waals surface area (Å²) in [5, 5.41) is 20.8. The summed E-state index contributed by atoms with van der Waals surface area (Å²) in [6, 6.07) is 9.59. The Morgan fingerprint density at radius 3 is 1.98 bits per heavy atom. The maximum absolute atomic E-state index is 14.6. The Hall–Kier alpha value is -1.22. The molecule has 4 saturated carbocycles. The first-order chi connectivity index (χ1) is 27.0. The van der Waals surface area contributed by atoms with Crippen LogP contribution in [0.3, 0.4) is 0 Å². The fourth-order valence-corrected chi connectivity index (χ4v) is 14.6. The van der Waals surface area contributed by atoms with E-state index in [2.05, 4.69) is 54.5 Å². The first-order valence-corrected chi connectivity index (χ1v) is 23.7. The van der Waals surface area contributed by atoms with E-state index in [4.69, 9.17) is 0 Å². The molecule has 0 radical (unpaired) electrons. The summed E-state index contributed by atoms with van der Waals surface area (Å²) in [5.74, 6) is 1.85. The van der Waals surface area contributed by atoms with Gasteiger partial charge in [0.1, 0.15) is 11.6 Å². The monoisotopic (exact) mass is 1040 g/mol. The van der Waals surface area contributed by atoms with E-state index < -0.39 is 11.9 Å². The normalized spacial score (nSPS) is 36.2. The van der Waals surface area contributed by atoms with Gasteiger partial charge in [-0.25, -0.2) is 0 Å². The van der Waals surface area contributed by atoms with E-state index in [1.54, 1.807) is 5.57 Å². The van der Waals surface area contributed by atoms with Crippen LogP contribution in [-0.2, 0) is 20.8 Å². The maximum atomic E-state index is 14.6. The van der Waals surface area contributed by atoms with Gasteiger partial charge in [-0.05, 0) is 134 Å². The van der Waals surface area contributed by atoms with Crippen molar-refractivity contribution in [1.82, 2.24) is 0 Å². The smallest absolute Gasteiger partial charge is 0.307 e. The number of hydrogen-bond acceptors (Lipinski definition) is 4. The molecule has 5 nitrogen and oxygen atoms in total. The van der Waals surface area contributed by atoms with Crippen molar-refractivity contribution in [2.24, 2.45) is 62.6 Å². The van der Waals surface area contributed by atoms with Crippen LogP contribution in [0, 0.1) is 101 Å². The second-order valence-corrected chi connectivity index (χ2v) is 21.8. The topological polar surface area (TPSA) is 91.7 Å². The van der Waals surface area contributed by atoms with Gasteiger partial charge in [0.15, 0.2) is 0 Å². The van der Waals surface area contributed by atoms with E-state index in [-0.39, 0.29) is 83.9 Å². The zero-order valence-corrected chi connectivity index (χ0v) is 42.8. The molecular formula is C53H83O5U-. The second-order valence-electron chi connectivity index (χ2n) is 21.8. The van der Waals surface area contributed by atoms with E-state index in [1.165, 1.54) is 44.9 Å². The van der Waals surface area contributed by atoms with Gasteiger partial charge < -0.3 is 17.6 Å². The molecule has 11 atom stereocenters. The van der Waals surface area contributed by atoms with Crippen molar-refractivity contribution in [3.8, 4) is 0 Å². The summed E-state index contributed by atoms with van der Waals surface area (Å²) < 4.78 is 0. The number of carboxylic acids is 1. The van der Waals surface area contributed by atoms with Crippen LogP contribution in [0.5, 0.6) is 0 Å². The van der Waals surface area contributed by atoms with Crippen LogP contribution < -0.4 is 0 Å². The van der Waals surface area contributed by atoms with E-state index in [1.807, 2.05) is 30.3 Å². The van der Waals surface area contributed by atoms with E-state index in [9.17, 15) is 24.6 Å². The molecule has 6 heteroatoms. The molecule has 0 amide bonds. The van der Waals surface area contributed by atoms with E-state index >= 15 is 0 Å². The first kappa shape index (κ1) is 50.4. The Labute approximate surface area is 384 Å². The van der Waals surface area contributed by atoms with Crippen molar-refractivity contribution < 1.29 is 55.7 Å². The van der Waals surface area contributed by atoms with Gasteiger partial charge in [0.2, 0.25) is 0 Å². The van der Waals surface area contributed by atoms with Crippen LogP contribution in [0.15, 0.2) is 42.0 Å².